The van der Waals surface area contributed by atoms with Crippen molar-refractivity contribution in [3.63, 3.8) is 0 Å². The topological polar surface area (TPSA) is 95.9 Å². The van der Waals surface area contributed by atoms with Gasteiger partial charge in [-0.1, -0.05) is 12.2 Å². The minimum absolute atomic E-state index is 0.117. The number of allylic oxidation sites excluding steroid dienone is 2. The van der Waals surface area contributed by atoms with E-state index in [0.29, 0.717) is 25.3 Å². The number of carbonyl (C=O) groups excluding carboxylic acids is 3. The van der Waals surface area contributed by atoms with Crippen molar-refractivity contribution in [1.82, 2.24) is 19.8 Å². The quantitative estimate of drug-likeness (QED) is 0.378. The first-order valence-corrected chi connectivity index (χ1v) is 10.4. The number of hydrogen-bond acceptors (Lipinski definition) is 8. The van der Waals surface area contributed by atoms with E-state index in [1.165, 1.54) is 11.8 Å². The highest BCUT2D eigenvalue weighted by Gasteiger charge is 2.48. The standard InChI is InChI=1S/C21H27N5O4/c1-15(27)30-16(14-26-19(28)17-5-2-3-6-18(17)20(26)29)13-24-9-11-25(12-10-24)21-22-7-4-8-23-21/h2-4,7-8,16-18H,5-6,9-14H2,1H3/t16?,17-,18+. The number of esters is 1. The van der Waals surface area contributed by atoms with Crippen molar-refractivity contribution >= 4 is 23.7 Å². The number of nitrogens with zero attached hydrogens (tertiary/aromatic N) is 5. The summed E-state index contributed by atoms with van der Waals surface area (Å²) >= 11 is 0. The maximum atomic E-state index is 12.8. The summed E-state index contributed by atoms with van der Waals surface area (Å²) in [5.74, 6) is -0.521. The van der Waals surface area contributed by atoms with Crippen LogP contribution in [0.1, 0.15) is 19.8 Å². The Balaban J connectivity index is 1.36. The van der Waals surface area contributed by atoms with Crippen LogP contribution >= 0.6 is 0 Å². The van der Waals surface area contributed by atoms with Crippen molar-refractivity contribution in [2.45, 2.75) is 25.9 Å². The molecule has 2 fully saturated rings. The van der Waals surface area contributed by atoms with E-state index in [2.05, 4.69) is 19.8 Å². The van der Waals surface area contributed by atoms with E-state index in [0.717, 1.165) is 26.2 Å². The van der Waals surface area contributed by atoms with Gasteiger partial charge in [0.25, 0.3) is 0 Å². The van der Waals surface area contributed by atoms with E-state index in [1.807, 2.05) is 12.2 Å². The van der Waals surface area contributed by atoms with Crippen LogP contribution in [0.3, 0.4) is 0 Å². The number of anilines is 1. The molecule has 3 heterocycles. The van der Waals surface area contributed by atoms with Crippen molar-refractivity contribution in [1.29, 1.82) is 0 Å². The van der Waals surface area contributed by atoms with Crippen LogP contribution in [0.5, 0.6) is 0 Å². The molecule has 0 saturated carbocycles. The molecule has 2 saturated heterocycles. The number of ether oxygens (including phenoxy) is 1. The third-order valence-corrected chi connectivity index (χ3v) is 5.99. The summed E-state index contributed by atoms with van der Waals surface area (Å²) in [6.45, 7) is 4.98. The van der Waals surface area contributed by atoms with Crippen LogP contribution < -0.4 is 4.90 Å². The molecule has 0 bridgehead atoms. The number of amides is 2. The lowest BCUT2D eigenvalue weighted by Crippen LogP contribution is -2.51. The van der Waals surface area contributed by atoms with Gasteiger partial charge in [-0.05, 0) is 18.9 Å². The zero-order valence-corrected chi connectivity index (χ0v) is 17.1. The highest BCUT2D eigenvalue weighted by atomic mass is 16.5. The summed E-state index contributed by atoms with van der Waals surface area (Å²) in [4.78, 5) is 51.4. The molecule has 1 aromatic rings. The second-order valence-electron chi connectivity index (χ2n) is 8.01. The zero-order valence-electron chi connectivity index (χ0n) is 17.1. The molecule has 1 unspecified atom stereocenters. The maximum Gasteiger partial charge on any atom is 0.303 e. The summed E-state index contributed by atoms with van der Waals surface area (Å²) in [7, 11) is 0. The summed E-state index contributed by atoms with van der Waals surface area (Å²) in [5, 5.41) is 0. The van der Waals surface area contributed by atoms with Crippen molar-refractivity contribution in [2.75, 3.05) is 44.2 Å². The van der Waals surface area contributed by atoms with Gasteiger partial charge >= 0.3 is 5.97 Å². The fourth-order valence-electron chi connectivity index (χ4n) is 4.49. The average Bonchev–Trinajstić information content (AvgIpc) is 2.99. The smallest absolute Gasteiger partial charge is 0.303 e. The molecule has 2 amide bonds. The highest BCUT2D eigenvalue weighted by molar-refractivity contribution is 6.05. The van der Waals surface area contributed by atoms with Gasteiger partial charge < -0.3 is 9.64 Å². The Kier molecular flexibility index (Phi) is 6.08. The minimum atomic E-state index is -0.539. The first-order chi connectivity index (χ1) is 14.5. The monoisotopic (exact) mass is 413 g/mol. The molecule has 3 atom stereocenters. The SMILES string of the molecule is CC(=O)OC(CN1CCN(c2ncccn2)CC1)CN1C(=O)[C@H]2CC=CC[C@H]2C1=O. The van der Waals surface area contributed by atoms with E-state index in [4.69, 9.17) is 4.74 Å². The number of piperazine rings is 1. The zero-order chi connectivity index (χ0) is 21.1. The van der Waals surface area contributed by atoms with Gasteiger partial charge in [0.2, 0.25) is 17.8 Å². The van der Waals surface area contributed by atoms with Crippen LogP contribution in [0.15, 0.2) is 30.6 Å². The Labute approximate surface area is 175 Å². The number of imide groups is 1. The second-order valence-corrected chi connectivity index (χ2v) is 8.01. The normalized spacial score (nSPS) is 25.4. The molecular weight excluding hydrogens is 386 g/mol. The van der Waals surface area contributed by atoms with Crippen LogP contribution in [0.4, 0.5) is 5.95 Å². The summed E-state index contributed by atoms with van der Waals surface area (Å²) in [6, 6.07) is 1.79. The Morgan fingerprint density at radius 3 is 2.20 bits per heavy atom. The van der Waals surface area contributed by atoms with Gasteiger partial charge in [0.1, 0.15) is 6.10 Å². The Morgan fingerprint density at radius 2 is 1.63 bits per heavy atom. The van der Waals surface area contributed by atoms with Crippen LogP contribution in [-0.2, 0) is 19.1 Å². The van der Waals surface area contributed by atoms with Crippen LogP contribution in [-0.4, -0.2) is 82.9 Å². The lowest BCUT2D eigenvalue weighted by Gasteiger charge is -2.36. The maximum absolute atomic E-state index is 12.8. The Morgan fingerprint density at radius 1 is 1.03 bits per heavy atom. The summed E-state index contributed by atoms with van der Waals surface area (Å²) in [6.07, 6.45) is 8.06. The Bertz CT molecular complexity index is 796. The summed E-state index contributed by atoms with van der Waals surface area (Å²) in [5.41, 5.74) is 0. The number of likely N-dealkylation sites (tertiary alicyclic amines) is 1. The van der Waals surface area contributed by atoms with Crippen molar-refractivity contribution in [3.8, 4) is 0 Å². The average molecular weight is 413 g/mol. The third-order valence-electron chi connectivity index (χ3n) is 5.99. The van der Waals surface area contributed by atoms with Crippen molar-refractivity contribution in [3.05, 3.63) is 30.6 Å². The minimum Gasteiger partial charge on any atom is -0.459 e. The molecule has 0 spiro atoms. The predicted octanol–water partition coefficient (Wildman–Crippen LogP) is 0.482. The van der Waals surface area contributed by atoms with Gasteiger partial charge in [-0.3, -0.25) is 24.2 Å². The molecule has 0 N–H and O–H groups in total. The highest BCUT2D eigenvalue weighted by Crippen LogP contribution is 2.35. The molecule has 3 aliphatic rings. The van der Waals surface area contributed by atoms with E-state index >= 15 is 0 Å². The van der Waals surface area contributed by atoms with Crippen molar-refractivity contribution in [2.24, 2.45) is 11.8 Å². The van der Waals surface area contributed by atoms with E-state index in [1.54, 1.807) is 18.5 Å². The number of carbonyl (C=O) groups is 3. The third kappa shape index (κ3) is 4.35. The molecule has 1 aromatic heterocycles. The second kappa shape index (κ2) is 8.91. The lowest BCUT2D eigenvalue weighted by molar-refractivity contribution is -0.153. The van der Waals surface area contributed by atoms with Gasteiger partial charge in [0, 0.05) is 52.0 Å². The molecule has 30 heavy (non-hydrogen) atoms. The van der Waals surface area contributed by atoms with Gasteiger partial charge in [0.15, 0.2) is 0 Å². The summed E-state index contributed by atoms with van der Waals surface area (Å²) < 4.78 is 5.50. The van der Waals surface area contributed by atoms with Gasteiger partial charge in [-0.25, -0.2) is 9.97 Å². The fourth-order valence-corrected chi connectivity index (χ4v) is 4.49. The van der Waals surface area contributed by atoms with Crippen LogP contribution in [0, 0.1) is 11.8 Å². The predicted molar refractivity (Wildman–Crippen MR) is 108 cm³/mol. The van der Waals surface area contributed by atoms with E-state index in [9.17, 15) is 14.4 Å². The number of rotatable bonds is 6. The molecule has 9 heteroatoms. The molecule has 160 valence electrons. The first-order valence-electron chi connectivity index (χ1n) is 10.4. The molecule has 2 aliphatic heterocycles. The molecule has 0 aromatic carbocycles. The van der Waals surface area contributed by atoms with E-state index < -0.39 is 12.1 Å². The van der Waals surface area contributed by atoms with Gasteiger partial charge in [-0.2, -0.15) is 0 Å². The number of aromatic nitrogens is 2. The molecular formula is C21H27N5O4. The number of fused-ring (bicyclic) bond motifs is 1. The fraction of sp³-hybridized carbons (Fsp3) is 0.571. The van der Waals surface area contributed by atoms with Gasteiger partial charge in [0.05, 0.1) is 18.4 Å². The van der Waals surface area contributed by atoms with Gasteiger partial charge in [-0.15, -0.1) is 0 Å². The first kappa shape index (κ1) is 20.5. The van der Waals surface area contributed by atoms with E-state index in [-0.39, 0.29) is 30.2 Å². The molecule has 9 nitrogen and oxygen atoms in total. The van der Waals surface area contributed by atoms with Crippen molar-refractivity contribution < 1.29 is 19.1 Å². The largest absolute Gasteiger partial charge is 0.459 e. The van der Waals surface area contributed by atoms with Crippen LogP contribution in [0.25, 0.3) is 0 Å². The molecule has 0 radical (unpaired) electrons. The lowest BCUT2D eigenvalue weighted by atomic mass is 9.85. The molecule has 1 aliphatic carbocycles. The number of hydrogen-bond donors (Lipinski definition) is 0. The van der Waals surface area contributed by atoms with Crippen LogP contribution in [0.2, 0.25) is 0 Å². The molecule has 4 rings (SSSR count). The Hall–Kier alpha value is -2.81.